The van der Waals surface area contributed by atoms with Gasteiger partial charge < -0.3 is 19.9 Å². The van der Waals surface area contributed by atoms with E-state index < -0.39 is 23.7 Å². The fraction of sp³-hybridized carbons (Fsp3) is 0.208. The van der Waals surface area contributed by atoms with Gasteiger partial charge in [-0.3, -0.25) is 4.90 Å². The molecular formula is C24H22FN3O5. The normalized spacial score (nSPS) is 15.7. The maximum atomic E-state index is 14.7. The minimum atomic E-state index is -0.999. The molecule has 1 atom stereocenters. The van der Waals surface area contributed by atoms with Gasteiger partial charge in [-0.05, 0) is 24.6 Å². The molecule has 1 unspecified atom stereocenters. The molecule has 2 N–H and O–H groups in total. The van der Waals surface area contributed by atoms with Gasteiger partial charge in [0.05, 0.1) is 49.6 Å². The average Bonchev–Trinajstić information content (AvgIpc) is 2.84. The molecule has 0 amide bonds. The highest BCUT2D eigenvalue weighted by atomic mass is 19.1. The molecule has 0 fully saturated rings. The van der Waals surface area contributed by atoms with Crippen molar-refractivity contribution in [3.8, 4) is 11.8 Å². The number of benzene rings is 2. The minimum Gasteiger partial charge on any atom is -0.491 e. The van der Waals surface area contributed by atoms with Crippen LogP contribution in [0.4, 0.5) is 10.1 Å². The monoisotopic (exact) mass is 451 g/mol. The number of esters is 2. The SMILES string of the molecule is CCOc1ccc(N2C(N)=C(C#N)C(c3ccccc3)C(C(=O)OC)=C2C(=O)OC)cc1F. The predicted molar refractivity (Wildman–Crippen MR) is 117 cm³/mol. The molecule has 1 aliphatic rings. The van der Waals surface area contributed by atoms with E-state index >= 15 is 0 Å². The van der Waals surface area contributed by atoms with Gasteiger partial charge >= 0.3 is 11.9 Å². The number of carbonyl (C=O) groups is 2. The molecule has 0 bridgehead atoms. The number of methoxy groups -OCH3 is 2. The number of nitrogens with two attached hydrogens (primary N) is 1. The molecule has 0 aliphatic carbocycles. The Balaban J connectivity index is 2.36. The third-order valence-electron chi connectivity index (χ3n) is 5.08. The number of ether oxygens (including phenoxy) is 3. The molecule has 170 valence electrons. The van der Waals surface area contributed by atoms with Gasteiger partial charge in [0.25, 0.3) is 0 Å². The molecule has 1 heterocycles. The van der Waals surface area contributed by atoms with Gasteiger partial charge in [-0.1, -0.05) is 30.3 Å². The summed E-state index contributed by atoms with van der Waals surface area (Å²) in [6, 6.07) is 14.5. The van der Waals surface area contributed by atoms with E-state index in [0.29, 0.717) is 5.56 Å². The smallest absolute Gasteiger partial charge is 0.355 e. The molecule has 9 heteroatoms. The molecule has 0 saturated heterocycles. The molecule has 0 saturated carbocycles. The quantitative estimate of drug-likeness (QED) is 0.666. The van der Waals surface area contributed by atoms with E-state index in [0.717, 1.165) is 25.2 Å². The highest BCUT2D eigenvalue weighted by molar-refractivity contribution is 6.06. The molecule has 0 radical (unpaired) electrons. The average molecular weight is 451 g/mol. The molecule has 0 aromatic heterocycles. The summed E-state index contributed by atoms with van der Waals surface area (Å²) in [6.07, 6.45) is 0. The Morgan fingerprint density at radius 1 is 1.12 bits per heavy atom. The number of rotatable bonds is 6. The maximum Gasteiger partial charge on any atom is 0.355 e. The molecule has 1 aliphatic heterocycles. The van der Waals surface area contributed by atoms with E-state index in [1.54, 1.807) is 37.3 Å². The Hall–Kier alpha value is -4.32. The van der Waals surface area contributed by atoms with Gasteiger partial charge in [-0.25, -0.2) is 14.0 Å². The van der Waals surface area contributed by atoms with Crippen LogP contribution in [0.15, 0.2) is 71.2 Å². The van der Waals surface area contributed by atoms with Crippen molar-refractivity contribution in [3.05, 3.63) is 82.6 Å². The maximum absolute atomic E-state index is 14.7. The third-order valence-corrected chi connectivity index (χ3v) is 5.08. The van der Waals surface area contributed by atoms with Gasteiger partial charge in [-0.15, -0.1) is 0 Å². The first-order valence-electron chi connectivity index (χ1n) is 9.97. The summed E-state index contributed by atoms with van der Waals surface area (Å²) in [5.74, 6) is -3.63. The summed E-state index contributed by atoms with van der Waals surface area (Å²) in [4.78, 5) is 27.0. The lowest BCUT2D eigenvalue weighted by atomic mass is 9.81. The summed E-state index contributed by atoms with van der Waals surface area (Å²) in [6.45, 7) is 1.96. The zero-order valence-electron chi connectivity index (χ0n) is 18.3. The molecule has 2 aromatic carbocycles. The van der Waals surface area contributed by atoms with E-state index in [9.17, 15) is 19.2 Å². The van der Waals surface area contributed by atoms with Crippen LogP contribution in [0.3, 0.4) is 0 Å². The second-order valence-corrected chi connectivity index (χ2v) is 6.88. The number of hydrogen-bond acceptors (Lipinski definition) is 8. The van der Waals surface area contributed by atoms with Crippen LogP contribution >= 0.6 is 0 Å². The fourth-order valence-electron chi connectivity index (χ4n) is 3.68. The van der Waals surface area contributed by atoms with E-state index in [1.807, 2.05) is 6.07 Å². The third kappa shape index (κ3) is 4.23. The molecule has 8 nitrogen and oxygen atoms in total. The first-order valence-corrected chi connectivity index (χ1v) is 9.97. The number of halogens is 1. The fourth-order valence-corrected chi connectivity index (χ4v) is 3.68. The van der Waals surface area contributed by atoms with Gasteiger partial charge in [0, 0.05) is 6.07 Å². The van der Waals surface area contributed by atoms with Crippen LogP contribution in [0, 0.1) is 17.1 Å². The Morgan fingerprint density at radius 3 is 2.33 bits per heavy atom. The van der Waals surface area contributed by atoms with Gasteiger partial charge in [-0.2, -0.15) is 5.26 Å². The number of carbonyl (C=O) groups excluding carboxylic acids is 2. The molecular weight excluding hydrogens is 429 g/mol. The lowest BCUT2D eigenvalue weighted by Crippen LogP contribution is -2.40. The van der Waals surface area contributed by atoms with Crippen molar-refractivity contribution in [2.24, 2.45) is 5.73 Å². The largest absolute Gasteiger partial charge is 0.491 e. The second-order valence-electron chi connectivity index (χ2n) is 6.88. The number of hydrogen-bond donors (Lipinski definition) is 1. The van der Waals surface area contributed by atoms with Crippen molar-refractivity contribution in [2.75, 3.05) is 25.7 Å². The molecule has 3 rings (SSSR count). The van der Waals surface area contributed by atoms with Crippen LogP contribution in [0.2, 0.25) is 0 Å². The first kappa shape index (κ1) is 23.3. The van der Waals surface area contributed by atoms with Crippen molar-refractivity contribution < 1.29 is 28.2 Å². The van der Waals surface area contributed by atoms with Crippen LogP contribution in [0.25, 0.3) is 0 Å². The topological polar surface area (TPSA) is 115 Å². The number of anilines is 1. The summed E-state index contributed by atoms with van der Waals surface area (Å²) in [5.41, 5.74) is 6.55. The second kappa shape index (κ2) is 9.87. The predicted octanol–water partition coefficient (Wildman–Crippen LogP) is 3.12. The van der Waals surface area contributed by atoms with Crippen LogP contribution < -0.4 is 15.4 Å². The van der Waals surface area contributed by atoms with Crippen molar-refractivity contribution in [1.29, 1.82) is 5.26 Å². The lowest BCUT2D eigenvalue weighted by Gasteiger charge is -2.35. The molecule has 2 aromatic rings. The van der Waals surface area contributed by atoms with Crippen LogP contribution in [-0.4, -0.2) is 32.8 Å². The van der Waals surface area contributed by atoms with E-state index in [2.05, 4.69) is 0 Å². The summed E-state index contributed by atoms with van der Waals surface area (Å²) in [7, 11) is 2.29. The number of allylic oxidation sites excluding steroid dienone is 1. The molecule has 33 heavy (non-hydrogen) atoms. The zero-order chi connectivity index (χ0) is 24.1. The summed E-state index contributed by atoms with van der Waals surface area (Å²) >= 11 is 0. The van der Waals surface area contributed by atoms with Crippen molar-refractivity contribution in [2.45, 2.75) is 12.8 Å². The summed E-state index contributed by atoms with van der Waals surface area (Å²) in [5, 5.41) is 9.98. The van der Waals surface area contributed by atoms with E-state index in [-0.39, 0.29) is 40.7 Å². The van der Waals surface area contributed by atoms with Crippen LogP contribution in [-0.2, 0) is 19.1 Å². The lowest BCUT2D eigenvalue weighted by molar-refractivity contribution is -0.139. The summed E-state index contributed by atoms with van der Waals surface area (Å²) < 4.78 is 29.8. The first-order chi connectivity index (χ1) is 15.9. The Kier molecular flexibility index (Phi) is 6.98. The standard InChI is InChI=1S/C24H22FN3O5/c1-4-33-18-11-10-15(12-17(18)25)28-21(24(30)32-3)20(23(29)31-2)19(16(13-26)22(28)27)14-8-6-5-7-9-14/h5-12,19H,4,27H2,1-3H3. The van der Waals surface area contributed by atoms with Gasteiger partial charge in [0.15, 0.2) is 11.6 Å². The van der Waals surface area contributed by atoms with Crippen molar-refractivity contribution in [1.82, 2.24) is 0 Å². The Labute approximate surface area is 190 Å². The van der Waals surface area contributed by atoms with Crippen LogP contribution in [0.5, 0.6) is 5.75 Å². The highest BCUT2D eigenvalue weighted by Gasteiger charge is 2.43. The van der Waals surface area contributed by atoms with Crippen LogP contribution in [0.1, 0.15) is 18.4 Å². The van der Waals surface area contributed by atoms with Crippen molar-refractivity contribution in [3.63, 3.8) is 0 Å². The van der Waals surface area contributed by atoms with E-state index in [1.165, 1.54) is 12.1 Å². The number of nitrogens with zero attached hydrogens (tertiary/aromatic N) is 2. The molecule has 0 spiro atoms. The zero-order valence-corrected chi connectivity index (χ0v) is 18.3. The number of nitriles is 1. The highest BCUT2D eigenvalue weighted by Crippen LogP contribution is 2.43. The minimum absolute atomic E-state index is 0.000248. The van der Waals surface area contributed by atoms with E-state index in [4.69, 9.17) is 19.9 Å². The Bertz CT molecular complexity index is 1180. The van der Waals surface area contributed by atoms with Gasteiger partial charge in [0.2, 0.25) is 0 Å². The van der Waals surface area contributed by atoms with Crippen molar-refractivity contribution >= 4 is 17.6 Å². The Morgan fingerprint density at radius 2 is 1.79 bits per heavy atom. The van der Waals surface area contributed by atoms with Gasteiger partial charge in [0.1, 0.15) is 11.5 Å².